The van der Waals surface area contributed by atoms with Crippen LogP contribution in [0.2, 0.25) is 5.02 Å². The quantitative estimate of drug-likeness (QED) is 0.557. The Morgan fingerprint density at radius 1 is 1.03 bits per heavy atom. The van der Waals surface area contributed by atoms with Gasteiger partial charge in [0.05, 0.1) is 24.9 Å². The lowest BCUT2D eigenvalue weighted by Crippen LogP contribution is -2.28. The number of hydrogen-bond acceptors (Lipinski definition) is 4. The monoisotopic (exact) mass is 474 g/mol. The molecule has 0 bridgehead atoms. The van der Waals surface area contributed by atoms with E-state index in [9.17, 15) is 18.7 Å². The molecule has 7 nitrogen and oxygen atoms in total. The first-order chi connectivity index (χ1) is 15.9. The van der Waals surface area contributed by atoms with Gasteiger partial charge in [0.2, 0.25) is 0 Å². The summed E-state index contributed by atoms with van der Waals surface area (Å²) in [4.78, 5) is 13.0. The zero-order valence-electron chi connectivity index (χ0n) is 17.5. The second-order valence-corrected chi connectivity index (χ2v) is 8.85. The Balaban J connectivity index is 1.38. The number of benzene rings is 2. The minimum absolute atomic E-state index is 0.0928. The highest BCUT2D eigenvalue weighted by Gasteiger charge is 2.32. The van der Waals surface area contributed by atoms with E-state index in [-0.39, 0.29) is 30.9 Å². The van der Waals surface area contributed by atoms with Gasteiger partial charge in [-0.2, -0.15) is 0 Å². The molecule has 172 valence electrons. The topological polar surface area (TPSA) is 80.5 Å². The number of halogens is 3. The van der Waals surface area contributed by atoms with E-state index in [4.69, 9.17) is 16.3 Å². The van der Waals surface area contributed by atoms with Crippen molar-refractivity contribution in [2.24, 2.45) is 0 Å². The van der Waals surface area contributed by atoms with Crippen molar-refractivity contribution in [2.75, 3.05) is 0 Å². The van der Waals surface area contributed by atoms with Crippen LogP contribution in [0.15, 0.2) is 36.4 Å². The molecule has 3 aromatic rings. The van der Waals surface area contributed by atoms with Crippen molar-refractivity contribution in [1.82, 2.24) is 19.7 Å². The Kier molecular flexibility index (Phi) is 5.65. The second-order valence-electron chi connectivity index (χ2n) is 8.42. The van der Waals surface area contributed by atoms with Crippen LogP contribution in [0.25, 0.3) is 5.69 Å². The average Bonchev–Trinajstić information content (AvgIpc) is 3.09. The fourth-order valence-electron chi connectivity index (χ4n) is 4.65. The summed E-state index contributed by atoms with van der Waals surface area (Å²) in [6.45, 7) is 0.330. The number of carbonyl (C=O) groups is 1. The van der Waals surface area contributed by atoms with Gasteiger partial charge in [-0.3, -0.25) is 9.47 Å². The molecule has 33 heavy (non-hydrogen) atoms. The number of ether oxygens (including phenoxy) is 1. The third-order valence-corrected chi connectivity index (χ3v) is 6.41. The van der Waals surface area contributed by atoms with Crippen LogP contribution >= 0.6 is 11.6 Å². The molecule has 0 spiro atoms. The SMILES string of the molecule is O=C(O)N1Cc2cc(Cl)ccc2-n2c(nnc2[C@H]2CC[C@H](Oc3cc(F)cc(F)c3)CC2)C1. The third kappa shape index (κ3) is 4.37. The largest absolute Gasteiger partial charge is 0.490 e. The van der Waals surface area contributed by atoms with E-state index in [1.807, 2.05) is 10.6 Å². The van der Waals surface area contributed by atoms with E-state index in [1.165, 1.54) is 17.0 Å². The average molecular weight is 475 g/mol. The van der Waals surface area contributed by atoms with Crippen molar-refractivity contribution in [3.05, 3.63) is 70.3 Å². The molecule has 2 aliphatic rings. The van der Waals surface area contributed by atoms with Crippen molar-refractivity contribution >= 4 is 17.7 Å². The fourth-order valence-corrected chi connectivity index (χ4v) is 4.85. The standard InChI is InChI=1S/C23H21ClF2N4O3/c24-15-3-6-20-14(7-15)11-29(23(31)32)12-21-27-28-22(30(20)21)13-1-4-18(5-2-13)33-19-9-16(25)8-17(26)10-19/h3,6-10,13,18H,1-2,4-5,11-12H2,(H,31,32)/t13-,18-. The maximum atomic E-state index is 13.5. The van der Waals surface area contributed by atoms with Crippen LogP contribution in [-0.4, -0.2) is 37.0 Å². The van der Waals surface area contributed by atoms with Crippen molar-refractivity contribution < 1.29 is 23.4 Å². The molecule has 1 aliphatic heterocycles. The van der Waals surface area contributed by atoms with E-state index in [1.54, 1.807) is 12.1 Å². The molecule has 2 aromatic carbocycles. The fraction of sp³-hybridized carbons (Fsp3) is 0.348. The van der Waals surface area contributed by atoms with Crippen LogP contribution < -0.4 is 4.74 Å². The van der Waals surface area contributed by atoms with Gasteiger partial charge in [-0.05, 0) is 49.4 Å². The van der Waals surface area contributed by atoms with Gasteiger partial charge in [0.15, 0.2) is 5.82 Å². The Morgan fingerprint density at radius 3 is 2.45 bits per heavy atom. The summed E-state index contributed by atoms with van der Waals surface area (Å²) in [6, 6.07) is 8.60. The van der Waals surface area contributed by atoms with Crippen LogP contribution in [-0.2, 0) is 13.1 Å². The van der Waals surface area contributed by atoms with Crippen LogP contribution in [0, 0.1) is 11.6 Å². The lowest BCUT2D eigenvalue weighted by Gasteiger charge is -2.29. The van der Waals surface area contributed by atoms with Gasteiger partial charge in [0.1, 0.15) is 23.2 Å². The molecule has 1 saturated carbocycles. The molecule has 1 amide bonds. The van der Waals surface area contributed by atoms with Crippen LogP contribution in [0.1, 0.15) is 48.8 Å². The Bertz CT molecular complexity index is 1190. The molecule has 0 saturated heterocycles. The van der Waals surface area contributed by atoms with Crippen molar-refractivity contribution in [3.63, 3.8) is 0 Å². The van der Waals surface area contributed by atoms with E-state index >= 15 is 0 Å². The third-order valence-electron chi connectivity index (χ3n) is 6.18. The van der Waals surface area contributed by atoms with Gasteiger partial charge in [0.25, 0.3) is 0 Å². The van der Waals surface area contributed by atoms with Gasteiger partial charge >= 0.3 is 6.09 Å². The van der Waals surface area contributed by atoms with Crippen LogP contribution in [0.4, 0.5) is 13.6 Å². The number of hydrogen-bond donors (Lipinski definition) is 1. The van der Waals surface area contributed by atoms with E-state index in [0.29, 0.717) is 23.7 Å². The summed E-state index contributed by atoms with van der Waals surface area (Å²) >= 11 is 6.18. The van der Waals surface area contributed by atoms with Crippen molar-refractivity contribution in [1.29, 1.82) is 0 Å². The molecule has 1 aliphatic carbocycles. The summed E-state index contributed by atoms with van der Waals surface area (Å²) in [5.41, 5.74) is 1.61. The first-order valence-corrected chi connectivity index (χ1v) is 11.1. The Labute approximate surface area is 193 Å². The van der Waals surface area contributed by atoms with Gasteiger partial charge in [-0.15, -0.1) is 10.2 Å². The molecule has 1 aromatic heterocycles. The Morgan fingerprint density at radius 2 is 1.76 bits per heavy atom. The molecule has 10 heteroatoms. The molecule has 1 N–H and O–H groups in total. The zero-order chi connectivity index (χ0) is 23.1. The number of rotatable bonds is 3. The van der Waals surface area contributed by atoms with Gasteiger partial charge in [0, 0.05) is 29.1 Å². The number of carboxylic acid groups (broad SMARTS) is 1. The van der Waals surface area contributed by atoms with Gasteiger partial charge < -0.3 is 9.84 Å². The number of nitrogens with zero attached hydrogens (tertiary/aromatic N) is 4. The molecule has 0 radical (unpaired) electrons. The molecule has 1 fully saturated rings. The first kappa shape index (κ1) is 21.6. The van der Waals surface area contributed by atoms with Gasteiger partial charge in [-0.25, -0.2) is 13.6 Å². The minimum atomic E-state index is -1.04. The normalized spacial score (nSPS) is 20.0. The number of aromatic nitrogens is 3. The summed E-state index contributed by atoms with van der Waals surface area (Å²) in [6.07, 6.45) is 1.71. The van der Waals surface area contributed by atoms with Crippen LogP contribution in [0.5, 0.6) is 5.75 Å². The predicted molar refractivity (Wildman–Crippen MR) is 116 cm³/mol. The summed E-state index contributed by atoms with van der Waals surface area (Å²) in [7, 11) is 0. The van der Waals surface area contributed by atoms with Crippen molar-refractivity contribution in [2.45, 2.75) is 50.8 Å². The molecule has 2 heterocycles. The highest BCUT2D eigenvalue weighted by Crippen LogP contribution is 2.37. The first-order valence-electron chi connectivity index (χ1n) is 10.7. The molecule has 0 unspecified atom stereocenters. The van der Waals surface area contributed by atoms with Gasteiger partial charge in [-0.1, -0.05) is 11.6 Å². The highest BCUT2D eigenvalue weighted by atomic mass is 35.5. The van der Waals surface area contributed by atoms with E-state index in [0.717, 1.165) is 36.0 Å². The van der Waals surface area contributed by atoms with Crippen molar-refractivity contribution in [3.8, 4) is 11.4 Å². The Hall–Kier alpha value is -3.20. The molecular weight excluding hydrogens is 454 g/mol. The highest BCUT2D eigenvalue weighted by molar-refractivity contribution is 6.30. The molecular formula is C23H21ClF2N4O3. The molecule has 0 atom stereocenters. The zero-order valence-corrected chi connectivity index (χ0v) is 18.3. The number of amides is 1. The maximum absolute atomic E-state index is 13.5. The molecule has 5 rings (SSSR count). The maximum Gasteiger partial charge on any atom is 0.408 e. The van der Waals surface area contributed by atoms with E-state index < -0.39 is 17.7 Å². The lowest BCUT2D eigenvalue weighted by atomic mass is 9.86. The van der Waals surface area contributed by atoms with Crippen LogP contribution in [0.3, 0.4) is 0 Å². The lowest BCUT2D eigenvalue weighted by molar-refractivity contribution is 0.138. The summed E-state index contributed by atoms with van der Waals surface area (Å²) in [5, 5.41) is 18.9. The minimum Gasteiger partial charge on any atom is -0.490 e. The summed E-state index contributed by atoms with van der Waals surface area (Å²) < 4.78 is 34.7. The smallest absolute Gasteiger partial charge is 0.408 e. The number of fused-ring (bicyclic) bond motifs is 3. The predicted octanol–water partition coefficient (Wildman–Crippen LogP) is 5.30. The summed E-state index contributed by atoms with van der Waals surface area (Å²) in [5.74, 6) is 0.276. The second kappa shape index (κ2) is 8.62. The van der Waals surface area contributed by atoms with E-state index in [2.05, 4.69) is 10.2 Å².